The fourth-order valence-electron chi connectivity index (χ4n) is 3.31. The summed E-state index contributed by atoms with van der Waals surface area (Å²) in [4.78, 5) is 12.8. The zero-order valence-electron chi connectivity index (χ0n) is 15.2. The summed E-state index contributed by atoms with van der Waals surface area (Å²) < 4.78 is 11.1. The second kappa shape index (κ2) is 8.36. The number of carbonyl (C=O) groups excluding carboxylic acids is 1. The molecule has 1 aliphatic rings. The minimum absolute atomic E-state index is 0.0922. The lowest BCUT2D eigenvalue weighted by atomic mass is 9.98. The van der Waals surface area contributed by atoms with Crippen LogP contribution in [0.15, 0.2) is 72.8 Å². The molecule has 4 rings (SSSR count). The van der Waals surface area contributed by atoms with Crippen LogP contribution in [0, 0.1) is 0 Å². The van der Waals surface area contributed by atoms with E-state index in [1.807, 2.05) is 66.7 Å². The zero-order valence-corrected chi connectivity index (χ0v) is 16.0. The average molecular weight is 394 g/mol. The number of carbonyl (C=O) groups is 1. The van der Waals surface area contributed by atoms with E-state index >= 15 is 0 Å². The van der Waals surface area contributed by atoms with Crippen molar-refractivity contribution in [3.63, 3.8) is 0 Å². The molecular formula is C23H20ClNO3. The maximum atomic E-state index is 12.8. The van der Waals surface area contributed by atoms with E-state index in [1.165, 1.54) is 0 Å². The van der Waals surface area contributed by atoms with Crippen LogP contribution >= 0.6 is 11.6 Å². The molecule has 1 aliphatic heterocycles. The van der Waals surface area contributed by atoms with Gasteiger partial charge in [-0.1, -0.05) is 72.3 Å². The molecule has 0 aliphatic carbocycles. The summed E-state index contributed by atoms with van der Waals surface area (Å²) >= 11 is 6.29. The Kier molecular flexibility index (Phi) is 5.49. The predicted molar refractivity (Wildman–Crippen MR) is 109 cm³/mol. The van der Waals surface area contributed by atoms with Gasteiger partial charge in [-0.25, -0.2) is 0 Å². The largest absolute Gasteiger partial charge is 0.486 e. The Morgan fingerprint density at radius 1 is 0.929 bits per heavy atom. The number of fused-ring (bicyclic) bond motifs is 1. The molecule has 4 nitrogen and oxygen atoms in total. The summed E-state index contributed by atoms with van der Waals surface area (Å²) in [6.45, 7) is 0.950. The van der Waals surface area contributed by atoms with Crippen molar-refractivity contribution in [3.8, 4) is 11.5 Å². The molecule has 28 heavy (non-hydrogen) atoms. The van der Waals surface area contributed by atoms with Crippen molar-refractivity contribution in [1.29, 1.82) is 0 Å². The first-order chi connectivity index (χ1) is 13.7. The molecule has 0 aromatic heterocycles. The number of amides is 1. The molecule has 0 unspecified atom stereocenters. The molecule has 0 spiro atoms. The van der Waals surface area contributed by atoms with Crippen LogP contribution in [0.3, 0.4) is 0 Å². The maximum Gasteiger partial charge on any atom is 0.225 e. The molecule has 1 heterocycles. The molecule has 0 bridgehead atoms. The average Bonchev–Trinajstić information content (AvgIpc) is 2.73. The third-order valence-electron chi connectivity index (χ3n) is 4.59. The van der Waals surface area contributed by atoms with Gasteiger partial charge in [-0.3, -0.25) is 4.79 Å². The topological polar surface area (TPSA) is 47.6 Å². The summed E-state index contributed by atoms with van der Waals surface area (Å²) in [6.07, 6.45) is 0.201. The third kappa shape index (κ3) is 4.12. The lowest BCUT2D eigenvalue weighted by molar-refractivity contribution is -0.120. The highest BCUT2D eigenvalue weighted by molar-refractivity contribution is 6.32. The molecule has 0 radical (unpaired) electrons. The number of halogens is 1. The van der Waals surface area contributed by atoms with Crippen LogP contribution < -0.4 is 14.8 Å². The molecule has 1 amide bonds. The first-order valence-corrected chi connectivity index (χ1v) is 9.56. The zero-order chi connectivity index (χ0) is 19.3. The van der Waals surface area contributed by atoms with E-state index in [1.54, 1.807) is 6.07 Å². The van der Waals surface area contributed by atoms with E-state index in [2.05, 4.69) is 5.32 Å². The van der Waals surface area contributed by atoms with Gasteiger partial charge in [0, 0.05) is 0 Å². The Bertz CT molecular complexity index is 921. The molecule has 142 valence electrons. The monoisotopic (exact) mass is 393 g/mol. The van der Waals surface area contributed by atoms with Crippen LogP contribution in [0.4, 0.5) is 0 Å². The van der Waals surface area contributed by atoms with Crippen LogP contribution in [0.25, 0.3) is 0 Å². The summed E-state index contributed by atoms with van der Waals surface area (Å²) in [5, 5.41) is 3.60. The van der Waals surface area contributed by atoms with Gasteiger partial charge >= 0.3 is 0 Å². The van der Waals surface area contributed by atoms with Gasteiger partial charge in [-0.2, -0.15) is 0 Å². The van der Waals surface area contributed by atoms with Crippen LogP contribution in [0.2, 0.25) is 5.02 Å². The molecule has 1 N–H and O–H groups in total. The van der Waals surface area contributed by atoms with Crippen LogP contribution in [-0.2, 0) is 11.2 Å². The predicted octanol–water partition coefficient (Wildman–Crippen LogP) is 4.56. The molecule has 3 aromatic rings. The number of nitrogens with one attached hydrogen (secondary N) is 1. The lowest BCUT2D eigenvalue weighted by Crippen LogP contribution is -2.30. The van der Waals surface area contributed by atoms with Crippen LogP contribution in [-0.4, -0.2) is 19.1 Å². The van der Waals surface area contributed by atoms with E-state index in [-0.39, 0.29) is 18.4 Å². The second-order valence-electron chi connectivity index (χ2n) is 6.60. The fraction of sp³-hybridized carbons (Fsp3) is 0.174. The van der Waals surface area contributed by atoms with Gasteiger partial charge < -0.3 is 14.8 Å². The number of benzene rings is 3. The summed E-state index contributed by atoms with van der Waals surface area (Å²) in [5.74, 6) is 1.04. The van der Waals surface area contributed by atoms with Crippen LogP contribution in [0.1, 0.15) is 22.7 Å². The Morgan fingerprint density at radius 3 is 2.18 bits per heavy atom. The van der Waals surface area contributed by atoms with Gasteiger partial charge in [-0.05, 0) is 28.8 Å². The Labute approximate surface area is 169 Å². The Balaban J connectivity index is 1.55. The van der Waals surface area contributed by atoms with E-state index in [0.29, 0.717) is 29.7 Å². The molecule has 0 atom stereocenters. The fourth-order valence-corrected chi connectivity index (χ4v) is 3.60. The van der Waals surface area contributed by atoms with Gasteiger partial charge in [0.1, 0.15) is 13.2 Å². The van der Waals surface area contributed by atoms with Crippen molar-refractivity contribution in [3.05, 3.63) is 94.5 Å². The standard InChI is InChI=1S/C23H20ClNO3/c24-19-13-16(14-20-23(19)28-12-11-27-20)15-21(26)25-22(17-7-3-1-4-8-17)18-9-5-2-6-10-18/h1-10,13-14,22H,11-12,15H2,(H,25,26). The highest BCUT2D eigenvalue weighted by Gasteiger charge is 2.20. The maximum absolute atomic E-state index is 12.8. The van der Waals surface area contributed by atoms with Gasteiger partial charge in [0.15, 0.2) is 11.5 Å². The quantitative estimate of drug-likeness (QED) is 0.691. The first-order valence-electron chi connectivity index (χ1n) is 9.18. The van der Waals surface area contributed by atoms with E-state index in [0.717, 1.165) is 16.7 Å². The highest BCUT2D eigenvalue weighted by Crippen LogP contribution is 2.38. The SMILES string of the molecule is O=C(Cc1cc(Cl)c2c(c1)OCCO2)NC(c1ccccc1)c1ccccc1. The number of hydrogen-bond acceptors (Lipinski definition) is 3. The van der Waals surface area contributed by atoms with Crippen molar-refractivity contribution in [2.75, 3.05) is 13.2 Å². The molecule has 5 heteroatoms. The highest BCUT2D eigenvalue weighted by atomic mass is 35.5. The molecule has 0 saturated carbocycles. The normalized spacial score (nSPS) is 12.6. The molecule has 3 aromatic carbocycles. The van der Waals surface area contributed by atoms with E-state index in [9.17, 15) is 4.79 Å². The first kappa shape index (κ1) is 18.4. The molecule has 0 fully saturated rings. The smallest absolute Gasteiger partial charge is 0.225 e. The Morgan fingerprint density at radius 2 is 1.54 bits per heavy atom. The van der Waals surface area contributed by atoms with Crippen molar-refractivity contribution < 1.29 is 14.3 Å². The summed E-state index contributed by atoms with van der Waals surface area (Å²) in [5.41, 5.74) is 2.84. The lowest BCUT2D eigenvalue weighted by Gasteiger charge is -2.21. The van der Waals surface area contributed by atoms with E-state index in [4.69, 9.17) is 21.1 Å². The van der Waals surface area contributed by atoms with Gasteiger partial charge in [0.25, 0.3) is 0 Å². The van der Waals surface area contributed by atoms with Crippen molar-refractivity contribution >= 4 is 17.5 Å². The van der Waals surface area contributed by atoms with Crippen molar-refractivity contribution in [1.82, 2.24) is 5.32 Å². The number of hydrogen-bond donors (Lipinski definition) is 1. The summed E-state index contributed by atoms with van der Waals surface area (Å²) in [6, 6.07) is 23.2. The summed E-state index contributed by atoms with van der Waals surface area (Å²) in [7, 11) is 0. The number of ether oxygens (including phenoxy) is 2. The number of rotatable bonds is 5. The van der Waals surface area contributed by atoms with Gasteiger partial charge in [0.2, 0.25) is 5.91 Å². The van der Waals surface area contributed by atoms with E-state index < -0.39 is 0 Å². The minimum atomic E-state index is -0.220. The van der Waals surface area contributed by atoms with Gasteiger partial charge in [0.05, 0.1) is 17.5 Å². The Hall–Kier alpha value is -2.98. The van der Waals surface area contributed by atoms with Crippen molar-refractivity contribution in [2.45, 2.75) is 12.5 Å². The minimum Gasteiger partial charge on any atom is -0.486 e. The third-order valence-corrected chi connectivity index (χ3v) is 4.87. The van der Waals surface area contributed by atoms with Crippen molar-refractivity contribution in [2.24, 2.45) is 0 Å². The molecular weight excluding hydrogens is 374 g/mol. The molecule has 0 saturated heterocycles. The van der Waals surface area contributed by atoms with Crippen LogP contribution in [0.5, 0.6) is 11.5 Å². The second-order valence-corrected chi connectivity index (χ2v) is 7.01. The van der Waals surface area contributed by atoms with Gasteiger partial charge in [-0.15, -0.1) is 0 Å².